The van der Waals surface area contributed by atoms with Gasteiger partial charge in [0.2, 0.25) is 0 Å². The zero-order valence-electron chi connectivity index (χ0n) is 7.03. The highest BCUT2D eigenvalue weighted by molar-refractivity contribution is 7.86. The van der Waals surface area contributed by atoms with E-state index in [4.69, 9.17) is 4.18 Å². The Hall–Kier alpha value is -0.0900. The first-order chi connectivity index (χ1) is 5.67. The molecule has 2 rings (SSSR count). The van der Waals surface area contributed by atoms with Gasteiger partial charge in [-0.05, 0) is 5.92 Å². The predicted octanol–water partition coefficient (Wildman–Crippen LogP) is 1.15. The average Bonchev–Trinajstić information content (AvgIpc) is 2.55. The van der Waals surface area contributed by atoms with Gasteiger partial charge in [0.15, 0.2) is 0 Å². The van der Waals surface area contributed by atoms with Gasteiger partial charge < -0.3 is 0 Å². The molecule has 2 aliphatic rings. The van der Waals surface area contributed by atoms with Gasteiger partial charge in [0.1, 0.15) is 0 Å². The van der Waals surface area contributed by atoms with Gasteiger partial charge in [-0.3, -0.25) is 4.18 Å². The van der Waals surface area contributed by atoms with Crippen LogP contribution in [0.3, 0.4) is 0 Å². The van der Waals surface area contributed by atoms with Crippen LogP contribution in [0.25, 0.3) is 0 Å². The molecule has 0 spiro atoms. The summed E-state index contributed by atoms with van der Waals surface area (Å²) in [5.41, 5.74) is 0. The van der Waals surface area contributed by atoms with Gasteiger partial charge in [-0.25, -0.2) is 0 Å². The first-order valence-corrected chi connectivity index (χ1v) is 6.12. The molecule has 4 heteroatoms. The van der Waals surface area contributed by atoms with Crippen LogP contribution in [0.4, 0.5) is 0 Å². The maximum Gasteiger partial charge on any atom is 0.267 e. The van der Waals surface area contributed by atoms with Crippen molar-refractivity contribution in [2.45, 2.75) is 25.7 Å². The highest BCUT2D eigenvalue weighted by Gasteiger charge is 2.35. The minimum Gasteiger partial charge on any atom is -0.270 e. The summed E-state index contributed by atoms with van der Waals surface area (Å²) in [6.07, 6.45) is 4.93. The first kappa shape index (κ1) is 8.51. The van der Waals surface area contributed by atoms with Crippen molar-refractivity contribution in [3.05, 3.63) is 0 Å². The monoisotopic (exact) mass is 190 g/mol. The second kappa shape index (κ2) is 3.00. The normalized spacial score (nSPS) is 35.8. The van der Waals surface area contributed by atoms with E-state index in [1.165, 1.54) is 25.7 Å². The molecule has 3 nitrogen and oxygen atoms in total. The number of rotatable bonds is 1. The molecule has 70 valence electrons. The average molecular weight is 190 g/mol. The Morgan fingerprint density at radius 2 is 1.75 bits per heavy atom. The maximum absolute atomic E-state index is 11.0. The number of hydrogen-bond donors (Lipinski definition) is 0. The van der Waals surface area contributed by atoms with Gasteiger partial charge in [0, 0.05) is 5.92 Å². The van der Waals surface area contributed by atoms with Crippen LogP contribution in [0.15, 0.2) is 0 Å². The van der Waals surface area contributed by atoms with Crippen molar-refractivity contribution >= 4 is 10.1 Å². The van der Waals surface area contributed by atoms with Gasteiger partial charge in [-0.1, -0.05) is 25.7 Å². The third kappa shape index (κ3) is 1.64. The van der Waals surface area contributed by atoms with Gasteiger partial charge in [0.05, 0.1) is 12.4 Å². The second-order valence-electron chi connectivity index (χ2n) is 3.81. The molecular weight excluding hydrogens is 176 g/mol. The van der Waals surface area contributed by atoms with Crippen LogP contribution in [0.5, 0.6) is 0 Å². The summed E-state index contributed by atoms with van der Waals surface area (Å²) in [6, 6.07) is 0. The molecule has 0 aromatic rings. The Morgan fingerprint density at radius 1 is 1.08 bits per heavy atom. The lowest BCUT2D eigenvalue weighted by atomic mass is 9.93. The van der Waals surface area contributed by atoms with Crippen LogP contribution in [0, 0.1) is 11.8 Å². The Bertz CT molecular complexity index is 251. The molecule has 0 unspecified atom stereocenters. The molecule has 1 saturated heterocycles. The van der Waals surface area contributed by atoms with Crippen LogP contribution in [-0.4, -0.2) is 20.8 Å². The summed E-state index contributed by atoms with van der Waals surface area (Å²) in [4.78, 5) is 0. The van der Waals surface area contributed by atoms with E-state index >= 15 is 0 Å². The van der Waals surface area contributed by atoms with Crippen LogP contribution in [0.2, 0.25) is 0 Å². The molecule has 1 saturated carbocycles. The molecule has 0 N–H and O–H groups in total. The third-order valence-corrected chi connectivity index (χ3v) is 4.28. The molecule has 0 aromatic heterocycles. The van der Waals surface area contributed by atoms with Crippen molar-refractivity contribution in [3.63, 3.8) is 0 Å². The number of hydrogen-bond acceptors (Lipinski definition) is 3. The lowest BCUT2D eigenvalue weighted by molar-refractivity contribution is 0.259. The van der Waals surface area contributed by atoms with E-state index in [-0.39, 0.29) is 11.7 Å². The van der Waals surface area contributed by atoms with Crippen molar-refractivity contribution in [1.29, 1.82) is 0 Å². The summed E-state index contributed by atoms with van der Waals surface area (Å²) >= 11 is 0. The molecule has 1 aliphatic carbocycles. The van der Waals surface area contributed by atoms with Crippen molar-refractivity contribution < 1.29 is 12.6 Å². The van der Waals surface area contributed by atoms with Gasteiger partial charge in [-0.2, -0.15) is 8.42 Å². The van der Waals surface area contributed by atoms with Crippen LogP contribution in [-0.2, 0) is 14.3 Å². The largest absolute Gasteiger partial charge is 0.270 e. The molecule has 0 amide bonds. The van der Waals surface area contributed by atoms with E-state index in [9.17, 15) is 8.42 Å². The summed E-state index contributed by atoms with van der Waals surface area (Å²) in [7, 11) is -3.13. The second-order valence-corrected chi connectivity index (χ2v) is 5.50. The van der Waals surface area contributed by atoms with E-state index in [0.29, 0.717) is 12.5 Å². The van der Waals surface area contributed by atoms with Crippen LogP contribution >= 0.6 is 0 Å². The molecule has 0 aromatic carbocycles. The molecular formula is C8H14O3S. The van der Waals surface area contributed by atoms with E-state index in [2.05, 4.69) is 0 Å². The first-order valence-electron chi connectivity index (χ1n) is 4.54. The SMILES string of the molecule is O=S1(=O)C[C@@H](C2CCCC2)CO1. The van der Waals surface area contributed by atoms with Crippen molar-refractivity contribution in [3.8, 4) is 0 Å². The van der Waals surface area contributed by atoms with Crippen molar-refractivity contribution in [1.82, 2.24) is 0 Å². The minimum absolute atomic E-state index is 0.262. The molecule has 2 fully saturated rings. The predicted molar refractivity (Wildman–Crippen MR) is 45.2 cm³/mol. The Morgan fingerprint density at radius 3 is 2.25 bits per heavy atom. The molecule has 1 heterocycles. The van der Waals surface area contributed by atoms with Gasteiger partial charge in [-0.15, -0.1) is 0 Å². The highest BCUT2D eigenvalue weighted by atomic mass is 32.2. The van der Waals surface area contributed by atoms with E-state index in [1.54, 1.807) is 0 Å². The molecule has 0 radical (unpaired) electrons. The fourth-order valence-corrected chi connectivity index (χ4v) is 3.62. The van der Waals surface area contributed by atoms with E-state index < -0.39 is 10.1 Å². The summed E-state index contributed by atoms with van der Waals surface area (Å²) in [5.74, 6) is 1.16. The summed E-state index contributed by atoms with van der Waals surface area (Å²) in [6.45, 7) is 0.438. The quantitative estimate of drug-likeness (QED) is 0.583. The van der Waals surface area contributed by atoms with Crippen LogP contribution in [0.1, 0.15) is 25.7 Å². The summed E-state index contributed by atoms with van der Waals surface area (Å²) in [5, 5.41) is 0. The van der Waals surface area contributed by atoms with Crippen molar-refractivity contribution in [2.24, 2.45) is 11.8 Å². The topological polar surface area (TPSA) is 43.4 Å². The van der Waals surface area contributed by atoms with Gasteiger partial charge in [0.25, 0.3) is 10.1 Å². The lowest BCUT2D eigenvalue weighted by Crippen LogP contribution is -2.15. The molecule has 1 atom stereocenters. The highest BCUT2D eigenvalue weighted by Crippen LogP contribution is 2.35. The van der Waals surface area contributed by atoms with E-state index in [1.807, 2.05) is 0 Å². The Kier molecular flexibility index (Phi) is 2.12. The summed E-state index contributed by atoms with van der Waals surface area (Å²) < 4.78 is 26.7. The smallest absolute Gasteiger partial charge is 0.267 e. The Labute approximate surface area is 73.2 Å². The molecule has 12 heavy (non-hydrogen) atoms. The maximum atomic E-state index is 11.0. The standard InChI is InChI=1S/C8H14O3S/c9-12(10)6-8(5-11-12)7-3-1-2-4-7/h7-8H,1-6H2/t8-/m0/s1. The molecule has 1 aliphatic heterocycles. The lowest BCUT2D eigenvalue weighted by Gasteiger charge is -2.13. The van der Waals surface area contributed by atoms with Crippen molar-refractivity contribution in [2.75, 3.05) is 12.4 Å². The van der Waals surface area contributed by atoms with Crippen LogP contribution < -0.4 is 0 Å². The zero-order valence-corrected chi connectivity index (χ0v) is 7.85. The third-order valence-electron chi connectivity index (χ3n) is 2.95. The fourth-order valence-electron chi connectivity index (χ4n) is 2.25. The fraction of sp³-hybridized carbons (Fsp3) is 1.00. The Balaban J connectivity index is 1.99. The van der Waals surface area contributed by atoms with Gasteiger partial charge >= 0.3 is 0 Å². The minimum atomic E-state index is -3.13. The van der Waals surface area contributed by atoms with E-state index in [0.717, 1.165) is 0 Å². The zero-order chi connectivity index (χ0) is 8.60. The molecule has 0 bridgehead atoms.